The predicted molar refractivity (Wildman–Crippen MR) is 171 cm³/mol. The summed E-state index contributed by atoms with van der Waals surface area (Å²) < 4.78 is 25.3. The fourth-order valence-corrected chi connectivity index (χ4v) is 6.93. The van der Waals surface area contributed by atoms with Gasteiger partial charge in [-0.2, -0.15) is 0 Å². The van der Waals surface area contributed by atoms with E-state index < -0.39 is 7.75 Å². The molecule has 0 aromatic carbocycles. The van der Waals surface area contributed by atoms with Crippen LogP contribution in [0.25, 0.3) is 0 Å². The van der Waals surface area contributed by atoms with Crippen LogP contribution in [0.2, 0.25) is 0 Å². The Hall–Kier alpha value is 0.0700. The molecule has 0 aromatic rings. The van der Waals surface area contributed by atoms with E-state index >= 15 is 0 Å². The van der Waals surface area contributed by atoms with Gasteiger partial charge in [0, 0.05) is 13.1 Å². The lowest BCUT2D eigenvalue weighted by Gasteiger charge is -2.27. The summed E-state index contributed by atoms with van der Waals surface area (Å²) in [6, 6.07) is 0. The highest BCUT2D eigenvalue weighted by Gasteiger charge is 2.24. The Balaban J connectivity index is 2.15. The zero-order chi connectivity index (χ0) is 28.1. The molecule has 1 fully saturated rings. The van der Waals surface area contributed by atoms with Crippen LogP contribution in [0.1, 0.15) is 174 Å². The molecule has 1 heterocycles. The summed E-state index contributed by atoms with van der Waals surface area (Å²) in [6.45, 7) is 9.53. The van der Waals surface area contributed by atoms with Crippen LogP contribution in [0.15, 0.2) is 0 Å². The molecule has 0 aliphatic carbocycles. The van der Waals surface area contributed by atoms with Crippen molar-refractivity contribution in [1.82, 2.24) is 9.99 Å². The molecule has 0 atom stereocenters. The molecule has 0 spiro atoms. The third-order valence-corrected chi connectivity index (χ3v) is 9.86. The summed E-state index contributed by atoms with van der Waals surface area (Å²) in [5.41, 5.74) is 0. The molecule has 0 saturated carbocycles. The largest absolute Gasteiger partial charge is 0.405 e. The molecule has 234 valence electrons. The van der Waals surface area contributed by atoms with Crippen molar-refractivity contribution in [3.63, 3.8) is 0 Å². The summed E-state index contributed by atoms with van der Waals surface area (Å²) in [6.07, 6.45) is 32.6. The number of unbranched alkanes of at least 4 members (excludes halogenated alkanes) is 20. The molecule has 0 unspecified atom stereocenters. The second kappa shape index (κ2) is 28.2. The Bertz CT molecular complexity index is 511. The highest BCUT2D eigenvalue weighted by atomic mass is 31.2. The highest BCUT2D eigenvalue weighted by molar-refractivity contribution is 7.51. The first kappa shape index (κ1) is 37.1. The van der Waals surface area contributed by atoms with E-state index in [4.69, 9.17) is 9.05 Å². The smallest absolute Gasteiger partial charge is 0.302 e. The lowest BCUT2D eigenvalue weighted by Crippen LogP contribution is -2.35. The summed E-state index contributed by atoms with van der Waals surface area (Å²) in [4.78, 5) is 2.47. The van der Waals surface area contributed by atoms with Crippen molar-refractivity contribution in [1.29, 1.82) is 0 Å². The molecule has 1 aliphatic rings. The van der Waals surface area contributed by atoms with Gasteiger partial charge < -0.3 is 4.90 Å². The molecule has 0 radical (unpaired) electrons. The maximum Gasteiger partial charge on any atom is 0.405 e. The average molecular weight is 573 g/mol. The van der Waals surface area contributed by atoms with Gasteiger partial charge in [-0.15, -0.1) is 0 Å². The van der Waals surface area contributed by atoms with Gasteiger partial charge in [0.1, 0.15) is 0 Å². The number of hydrogen-bond donors (Lipinski definition) is 1. The Morgan fingerprint density at radius 3 is 1.28 bits per heavy atom. The van der Waals surface area contributed by atoms with E-state index in [0.717, 1.165) is 45.3 Å². The summed E-state index contributed by atoms with van der Waals surface area (Å²) >= 11 is 0. The van der Waals surface area contributed by atoms with Crippen LogP contribution in [-0.4, -0.2) is 44.3 Å². The Labute approximate surface area is 244 Å². The molecule has 1 aliphatic heterocycles. The van der Waals surface area contributed by atoms with Crippen molar-refractivity contribution in [3.05, 3.63) is 0 Å². The van der Waals surface area contributed by atoms with E-state index in [1.54, 1.807) is 0 Å². The van der Waals surface area contributed by atoms with Gasteiger partial charge in [0.05, 0.1) is 13.2 Å². The number of rotatable bonds is 30. The van der Waals surface area contributed by atoms with Crippen LogP contribution in [0.3, 0.4) is 0 Å². The molecule has 0 amide bonds. The van der Waals surface area contributed by atoms with E-state index in [1.165, 1.54) is 135 Å². The minimum absolute atomic E-state index is 0.531. The molecule has 1 rings (SSSR count). The number of nitrogens with one attached hydrogen (secondary N) is 1. The van der Waals surface area contributed by atoms with Crippen molar-refractivity contribution >= 4 is 7.75 Å². The zero-order valence-corrected chi connectivity index (χ0v) is 27.4. The first-order chi connectivity index (χ1) is 19.2. The third kappa shape index (κ3) is 24.4. The van der Waals surface area contributed by atoms with Gasteiger partial charge in [-0.25, -0.2) is 9.65 Å². The summed E-state index contributed by atoms with van der Waals surface area (Å²) in [5, 5.41) is 3.19. The van der Waals surface area contributed by atoms with Crippen molar-refractivity contribution < 1.29 is 13.6 Å². The lowest BCUT2D eigenvalue weighted by atomic mass is 10.1. The number of nitrogens with zero attached hydrogens (tertiary/aromatic N) is 1. The summed E-state index contributed by atoms with van der Waals surface area (Å²) in [7, 11) is -3.22. The Morgan fingerprint density at radius 2 is 0.897 bits per heavy atom. The Morgan fingerprint density at radius 1 is 0.538 bits per heavy atom. The van der Waals surface area contributed by atoms with Crippen LogP contribution < -0.4 is 5.09 Å². The average Bonchev–Trinajstić information content (AvgIpc) is 2.95. The zero-order valence-electron chi connectivity index (χ0n) is 26.5. The van der Waals surface area contributed by atoms with Gasteiger partial charge in [-0.3, -0.25) is 9.05 Å². The monoisotopic (exact) mass is 573 g/mol. The van der Waals surface area contributed by atoms with Crippen molar-refractivity contribution in [2.45, 2.75) is 174 Å². The van der Waals surface area contributed by atoms with Crippen LogP contribution in [0.5, 0.6) is 0 Å². The molecule has 1 saturated heterocycles. The lowest BCUT2D eigenvalue weighted by molar-refractivity contribution is 0.184. The van der Waals surface area contributed by atoms with Gasteiger partial charge in [0.25, 0.3) is 0 Å². The van der Waals surface area contributed by atoms with Gasteiger partial charge in [-0.05, 0) is 38.8 Å². The molecule has 5 nitrogen and oxygen atoms in total. The molecule has 6 heteroatoms. The number of hydrogen-bond acceptors (Lipinski definition) is 4. The highest BCUT2D eigenvalue weighted by Crippen LogP contribution is 2.44. The van der Waals surface area contributed by atoms with E-state index in [9.17, 15) is 4.57 Å². The molecule has 1 N–H and O–H groups in total. The third-order valence-electron chi connectivity index (χ3n) is 8.20. The van der Waals surface area contributed by atoms with Gasteiger partial charge >= 0.3 is 7.75 Å². The molecule has 0 aromatic heterocycles. The maximum atomic E-state index is 13.4. The number of piperidine rings is 1. The number of likely N-dealkylation sites (tertiary alicyclic amines) is 1. The molecular formula is C33H69N2O3P. The first-order valence-corrected chi connectivity index (χ1v) is 19.1. The van der Waals surface area contributed by atoms with E-state index in [0.29, 0.717) is 19.8 Å². The maximum absolute atomic E-state index is 13.4. The topological polar surface area (TPSA) is 50.8 Å². The van der Waals surface area contributed by atoms with Crippen LogP contribution in [-0.2, 0) is 13.6 Å². The standard InChI is InChI=1S/C33H69N2O3P/c1-3-5-7-9-11-13-15-17-19-21-26-32-37-39(36,34-28-31-35-29-24-23-25-30-35)38-33-27-22-20-18-16-14-12-10-8-6-4-2/h3-33H2,1-2H3,(H,34,36). The normalized spacial score (nSPS) is 14.8. The van der Waals surface area contributed by atoms with Crippen molar-refractivity contribution in [3.8, 4) is 0 Å². The fourth-order valence-electron chi connectivity index (χ4n) is 5.56. The van der Waals surface area contributed by atoms with Crippen LogP contribution in [0, 0.1) is 0 Å². The quantitative estimate of drug-likeness (QED) is 0.0685. The predicted octanol–water partition coefficient (Wildman–Crippen LogP) is 10.8. The van der Waals surface area contributed by atoms with Gasteiger partial charge in [0.2, 0.25) is 0 Å². The summed E-state index contributed by atoms with van der Waals surface area (Å²) in [5.74, 6) is 0. The minimum Gasteiger partial charge on any atom is -0.302 e. The molecule has 0 bridgehead atoms. The minimum atomic E-state index is -3.22. The van der Waals surface area contributed by atoms with Crippen LogP contribution >= 0.6 is 7.75 Å². The first-order valence-electron chi connectivity index (χ1n) is 17.6. The van der Waals surface area contributed by atoms with Gasteiger partial charge in [0.15, 0.2) is 0 Å². The second-order valence-electron chi connectivity index (χ2n) is 12.0. The van der Waals surface area contributed by atoms with E-state index in [2.05, 4.69) is 23.8 Å². The Kier molecular flexibility index (Phi) is 26.8. The second-order valence-corrected chi connectivity index (χ2v) is 13.9. The van der Waals surface area contributed by atoms with Gasteiger partial charge in [-0.1, -0.05) is 149 Å². The van der Waals surface area contributed by atoms with Crippen molar-refractivity contribution in [2.75, 3.05) is 39.4 Å². The molecular weight excluding hydrogens is 503 g/mol. The van der Waals surface area contributed by atoms with Crippen LogP contribution in [0.4, 0.5) is 0 Å². The fraction of sp³-hybridized carbons (Fsp3) is 1.00. The van der Waals surface area contributed by atoms with Crippen molar-refractivity contribution in [2.24, 2.45) is 0 Å². The SMILES string of the molecule is CCCCCCCCCCCCCOP(=O)(NCCN1CCCCC1)OCCCCCCCCCCCCC. The van der Waals surface area contributed by atoms with E-state index in [1.807, 2.05) is 0 Å². The van der Waals surface area contributed by atoms with E-state index in [-0.39, 0.29) is 0 Å². The molecule has 39 heavy (non-hydrogen) atoms.